The minimum absolute atomic E-state index is 0.184. The number of aryl methyl sites for hydroxylation is 2. The predicted molar refractivity (Wildman–Crippen MR) is 144 cm³/mol. The van der Waals surface area contributed by atoms with E-state index in [0.29, 0.717) is 19.5 Å². The highest BCUT2D eigenvalue weighted by atomic mass is 127. The Hall–Kier alpha value is -1.04. The maximum absolute atomic E-state index is 11.1. The molecule has 0 saturated heterocycles. The Morgan fingerprint density at radius 1 is 1.17 bits per heavy atom. The van der Waals surface area contributed by atoms with E-state index in [4.69, 9.17) is 0 Å². The number of anilines is 1. The Morgan fingerprint density at radius 3 is 2.51 bits per heavy atom. The first kappa shape index (κ1) is 28.5. The van der Waals surface area contributed by atoms with Gasteiger partial charge in [-0.15, -0.1) is 0 Å². The summed E-state index contributed by atoms with van der Waals surface area (Å²) < 4.78 is 68.9. The van der Waals surface area contributed by atoms with Crippen molar-refractivity contribution in [2.45, 2.75) is 44.6 Å². The summed E-state index contributed by atoms with van der Waals surface area (Å²) in [6.45, 7) is 4.60. The molecule has 1 aromatic heterocycles. The lowest BCUT2D eigenvalue weighted by Crippen LogP contribution is -2.39. The molecule has 9 nitrogen and oxygen atoms in total. The second-order valence-corrected chi connectivity index (χ2v) is 14.4. The summed E-state index contributed by atoms with van der Waals surface area (Å²) >= 11 is 5.29. The maximum atomic E-state index is 11.1. The zero-order valence-electron chi connectivity index (χ0n) is 19.1. The molecule has 0 bridgehead atoms. The van der Waals surface area contributed by atoms with Crippen LogP contribution < -0.4 is 9.58 Å². The quantitative estimate of drug-likeness (QED) is 0.200. The number of halogens is 1. The molecule has 2 aromatic rings. The molecule has 0 radical (unpaired) electrons. The van der Waals surface area contributed by atoms with Crippen LogP contribution in [0.15, 0.2) is 39.8 Å². The zero-order chi connectivity index (χ0) is 25.8. The minimum Gasteiger partial charge on any atom is -0.748 e. The molecule has 1 aliphatic heterocycles. The van der Waals surface area contributed by atoms with E-state index in [-0.39, 0.29) is 12.8 Å². The van der Waals surface area contributed by atoms with Gasteiger partial charge < -0.3 is 14.0 Å². The average molecular weight is 671 g/mol. The van der Waals surface area contributed by atoms with Gasteiger partial charge in [0.25, 0.3) is 5.01 Å². The van der Waals surface area contributed by atoms with Gasteiger partial charge in [0.1, 0.15) is 0 Å². The number of nitrogens with zero attached hydrogens (tertiary/aromatic N) is 3. The van der Waals surface area contributed by atoms with Gasteiger partial charge in [-0.1, -0.05) is 23.4 Å². The van der Waals surface area contributed by atoms with Gasteiger partial charge in [-0.05, 0) is 83.5 Å². The van der Waals surface area contributed by atoms with E-state index in [1.54, 1.807) is 16.4 Å². The van der Waals surface area contributed by atoms with Crippen LogP contribution in [-0.2, 0) is 26.8 Å². The second kappa shape index (κ2) is 12.0. The molecule has 35 heavy (non-hydrogen) atoms. The summed E-state index contributed by atoms with van der Waals surface area (Å²) in [5.41, 5.74) is 1.99. The molecule has 0 aliphatic carbocycles. The Morgan fingerprint density at radius 2 is 1.86 bits per heavy atom. The fourth-order valence-corrected chi connectivity index (χ4v) is 6.95. The normalized spacial score (nSPS) is 15.7. The number of fused-ring (bicyclic) bond motifs is 1. The van der Waals surface area contributed by atoms with Crippen molar-refractivity contribution in [2.75, 3.05) is 23.0 Å². The van der Waals surface area contributed by atoms with Crippen LogP contribution in [0.25, 0.3) is 6.08 Å². The number of thioether (sulfide) groups is 1. The summed E-state index contributed by atoms with van der Waals surface area (Å²) in [5, 5.41) is 7.04. The summed E-state index contributed by atoms with van der Waals surface area (Å²) in [6.07, 6.45) is 5.16. The van der Waals surface area contributed by atoms with E-state index in [1.165, 1.54) is 11.3 Å². The van der Waals surface area contributed by atoms with Crippen LogP contribution in [0, 0.1) is 10.5 Å². The Labute approximate surface area is 228 Å². The lowest BCUT2D eigenvalue weighted by molar-refractivity contribution is -0.750. The highest BCUT2D eigenvalue weighted by molar-refractivity contribution is 14.1. The third-order valence-electron chi connectivity index (χ3n) is 5.03. The monoisotopic (exact) mass is 670 g/mol. The highest BCUT2D eigenvalue weighted by Crippen LogP contribution is 2.47. The van der Waals surface area contributed by atoms with Crippen molar-refractivity contribution in [3.05, 3.63) is 48.5 Å². The molecule has 1 aromatic carbocycles. The Bertz CT molecular complexity index is 1350. The summed E-state index contributed by atoms with van der Waals surface area (Å²) in [4.78, 5) is 3.10. The number of allylic oxidation sites excluding steroid dienone is 2. The van der Waals surface area contributed by atoms with E-state index < -0.39 is 31.7 Å². The van der Waals surface area contributed by atoms with Gasteiger partial charge in [0, 0.05) is 44.1 Å². The fourth-order valence-electron chi connectivity index (χ4n) is 3.47. The smallest absolute Gasteiger partial charge is 0.289 e. The van der Waals surface area contributed by atoms with E-state index >= 15 is 0 Å². The van der Waals surface area contributed by atoms with Crippen molar-refractivity contribution < 1.29 is 30.6 Å². The van der Waals surface area contributed by atoms with Crippen LogP contribution in [0.2, 0.25) is 0 Å². The summed E-state index contributed by atoms with van der Waals surface area (Å²) in [5.74, 6) is -0.859. The Balaban J connectivity index is 1.88. The van der Waals surface area contributed by atoms with Crippen LogP contribution in [0.3, 0.4) is 0 Å². The fraction of sp³-hybridized carbons (Fsp3) is 0.429. The maximum Gasteiger partial charge on any atom is 0.289 e. The van der Waals surface area contributed by atoms with Crippen LogP contribution >= 0.6 is 45.7 Å². The summed E-state index contributed by atoms with van der Waals surface area (Å²) in [7, 11) is -8.56. The van der Waals surface area contributed by atoms with Crippen molar-refractivity contribution in [1.82, 2.24) is 5.10 Å². The van der Waals surface area contributed by atoms with Gasteiger partial charge in [0.05, 0.1) is 31.0 Å². The molecule has 0 N–H and O–H groups in total. The molecule has 0 amide bonds. The van der Waals surface area contributed by atoms with Gasteiger partial charge in [-0.25, -0.2) is 16.8 Å². The lowest BCUT2D eigenvalue weighted by atomic mass is 10.2. The van der Waals surface area contributed by atoms with E-state index in [2.05, 4.69) is 27.7 Å². The van der Waals surface area contributed by atoms with Gasteiger partial charge in [-0.2, -0.15) is 0 Å². The van der Waals surface area contributed by atoms with E-state index in [9.17, 15) is 25.9 Å². The SMILES string of the molecule is CCC(/C=C1\Sc2ccc(I)cc2N1CCCS(=O)(=O)[O-])=C\c1sc(C)n[n+]1CCCS(=O)(=O)[O-]. The van der Waals surface area contributed by atoms with Crippen molar-refractivity contribution in [3.8, 4) is 0 Å². The van der Waals surface area contributed by atoms with Crippen LogP contribution in [0.4, 0.5) is 5.69 Å². The molecule has 192 valence electrons. The van der Waals surface area contributed by atoms with E-state index in [1.807, 2.05) is 49.1 Å². The van der Waals surface area contributed by atoms with Gasteiger partial charge >= 0.3 is 0 Å². The molecular weight excluding hydrogens is 645 g/mol. The number of hydrogen-bond acceptors (Lipinski definition) is 10. The standard InChI is InChI=1S/C21H26IN3O6S4/c1-3-16(13-21-25(23-15(2)32-21)9-5-11-35(29,30)31)12-20-24(8-4-10-34(26,27)28)18-14-17(22)6-7-19(18)33-20/h6-7,12-14H,3-5,8-11H2,1-2H3,(H-,26,27,28,29,30,31)/p-1. The molecule has 0 atom stereocenters. The number of aromatic nitrogens is 2. The average Bonchev–Trinajstić information content (AvgIpc) is 3.25. The molecule has 0 fully saturated rings. The van der Waals surface area contributed by atoms with Crippen molar-refractivity contribution >= 4 is 77.7 Å². The van der Waals surface area contributed by atoms with Crippen molar-refractivity contribution in [3.63, 3.8) is 0 Å². The highest BCUT2D eigenvalue weighted by Gasteiger charge is 2.26. The molecule has 0 saturated carbocycles. The summed E-state index contributed by atoms with van der Waals surface area (Å²) in [6, 6.07) is 6.08. The van der Waals surface area contributed by atoms with Crippen molar-refractivity contribution in [1.29, 1.82) is 0 Å². The largest absolute Gasteiger partial charge is 0.748 e. The van der Waals surface area contributed by atoms with Crippen LogP contribution in [0.1, 0.15) is 36.2 Å². The minimum atomic E-state index is -4.29. The first-order valence-corrected chi connectivity index (χ1v) is 16.6. The molecule has 1 aliphatic rings. The molecule has 2 heterocycles. The lowest BCUT2D eigenvalue weighted by Gasteiger charge is -2.21. The van der Waals surface area contributed by atoms with Crippen LogP contribution in [-0.4, -0.2) is 49.1 Å². The zero-order valence-corrected chi connectivity index (χ0v) is 24.6. The van der Waals surface area contributed by atoms with Gasteiger partial charge in [0.2, 0.25) is 0 Å². The molecule has 0 unspecified atom stereocenters. The Kier molecular flexibility index (Phi) is 9.78. The molecule has 14 heteroatoms. The third kappa shape index (κ3) is 8.79. The first-order chi connectivity index (χ1) is 16.3. The number of benzene rings is 1. The van der Waals surface area contributed by atoms with Gasteiger partial charge in [-0.3, -0.25) is 0 Å². The molecule has 3 rings (SSSR count). The number of hydrogen-bond donors (Lipinski definition) is 0. The molecular formula is C21H25IN3O6S4-. The first-order valence-electron chi connectivity index (χ1n) is 10.8. The topological polar surface area (TPSA) is 134 Å². The molecule has 0 spiro atoms. The van der Waals surface area contributed by atoms with E-state index in [0.717, 1.165) is 34.8 Å². The van der Waals surface area contributed by atoms with Crippen molar-refractivity contribution in [2.24, 2.45) is 0 Å². The van der Waals surface area contributed by atoms with Gasteiger partial charge in [0.15, 0.2) is 11.6 Å². The second-order valence-electron chi connectivity index (χ2n) is 7.83. The van der Waals surface area contributed by atoms with Crippen LogP contribution in [0.5, 0.6) is 0 Å². The predicted octanol–water partition coefficient (Wildman–Crippen LogP) is 3.46. The number of rotatable bonds is 11. The third-order valence-corrected chi connectivity index (χ3v) is 9.30.